The lowest BCUT2D eigenvalue weighted by atomic mass is 9.42. The monoisotopic (exact) mass is 318 g/mol. The molecule has 2 fully saturated rings. The van der Waals surface area contributed by atoms with Gasteiger partial charge in [0.05, 0.1) is 17.6 Å². The molecule has 0 bridgehead atoms. The quantitative estimate of drug-likeness (QED) is 0.768. The van der Waals surface area contributed by atoms with Gasteiger partial charge in [-0.2, -0.15) is 0 Å². The number of carbonyl (C=O) groups excluding carboxylic acids is 1. The molecule has 3 aliphatic rings. The number of allylic oxidation sites excluding steroid dienone is 2. The molecule has 0 aromatic rings. The summed E-state index contributed by atoms with van der Waals surface area (Å²) in [4.78, 5) is 12.4. The molecule has 23 heavy (non-hydrogen) atoms. The molecule has 0 amide bonds. The molecule has 0 unspecified atom stereocenters. The molecule has 3 nitrogen and oxygen atoms in total. The summed E-state index contributed by atoms with van der Waals surface area (Å²) in [5, 5.41) is 21.6. The minimum absolute atomic E-state index is 0.0523. The van der Waals surface area contributed by atoms with Gasteiger partial charge in [0.25, 0.3) is 0 Å². The molecule has 0 spiro atoms. The van der Waals surface area contributed by atoms with Crippen LogP contribution < -0.4 is 0 Å². The Kier molecular flexibility index (Phi) is 3.70. The van der Waals surface area contributed by atoms with E-state index in [-0.39, 0.29) is 29.1 Å². The lowest BCUT2D eigenvalue weighted by Crippen LogP contribution is -2.66. The average Bonchev–Trinajstić information content (AvgIpc) is 2.53. The van der Waals surface area contributed by atoms with Crippen molar-refractivity contribution in [2.45, 2.75) is 58.5 Å². The van der Waals surface area contributed by atoms with Crippen molar-refractivity contribution in [3.63, 3.8) is 0 Å². The molecule has 0 aromatic carbocycles. The third-order valence-electron chi connectivity index (χ3n) is 7.72. The predicted molar refractivity (Wildman–Crippen MR) is 90.8 cm³/mol. The molecule has 3 rings (SSSR count). The normalized spacial score (nSPS) is 52.7. The first-order valence-corrected chi connectivity index (χ1v) is 8.86. The summed E-state index contributed by atoms with van der Waals surface area (Å²) in [5.41, 5.74) is -1.98. The van der Waals surface area contributed by atoms with E-state index in [9.17, 15) is 15.0 Å². The number of fused-ring (bicyclic) bond motifs is 3. The molecule has 3 aliphatic carbocycles. The SMILES string of the molecule is C=C[C@]1(C)CC[C@]2(C)[C@H](CC[C@H]3[C@@](C)(CO)C(=O)C=C[C@]32O)C1. The van der Waals surface area contributed by atoms with Gasteiger partial charge in [0.15, 0.2) is 5.78 Å². The minimum Gasteiger partial charge on any atom is -0.395 e. The van der Waals surface area contributed by atoms with Crippen LogP contribution in [-0.4, -0.2) is 28.2 Å². The van der Waals surface area contributed by atoms with E-state index >= 15 is 0 Å². The van der Waals surface area contributed by atoms with Gasteiger partial charge in [-0.05, 0) is 62.5 Å². The molecule has 2 saturated carbocycles. The van der Waals surface area contributed by atoms with E-state index in [2.05, 4.69) is 26.5 Å². The van der Waals surface area contributed by atoms with Crippen LogP contribution in [0.1, 0.15) is 52.9 Å². The van der Waals surface area contributed by atoms with Gasteiger partial charge in [0, 0.05) is 11.3 Å². The second-order valence-electron chi connectivity index (χ2n) is 8.91. The van der Waals surface area contributed by atoms with Crippen molar-refractivity contribution in [2.75, 3.05) is 6.61 Å². The maximum atomic E-state index is 12.4. The molecular weight excluding hydrogens is 288 g/mol. The fourth-order valence-electron chi connectivity index (χ4n) is 5.62. The van der Waals surface area contributed by atoms with Crippen LogP contribution in [0.4, 0.5) is 0 Å². The first-order chi connectivity index (χ1) is 10.7. The molecule has 0 heterocycles. The molecule has 3 heteroatoms. The minimum atomic E-state index is -1.01. The maximum Gasteiger partial charge on any atom is 0.164 e. The Morgan fingerprint density at radius 2 is 2.00 bits per heavy atom. The van der Waals surface area contributed by atoms with E-state index in [4.69, 9.17) is 0 Å². The highest BCUT2D eigenvalue weighted by atomic mass is 16.3. The van der Waals surface area contributed by atoms with Gasteiger partial charge in [-0.1, -0.05) is 19.9 Å². The molecule has 6 atom stereocenters. The van der Waals surface area contributed by atoms with E-state index in [1.165, 1.54) is 6.08 Å². The van der Waals surface area contributed by atoms with Crippen LogP contribution in [0.15, 0.2) is 24.8 Å². The molecular formula is C20H30O3. The number of hydrogen-bond acceptors (Lipinski definition) is 3. The first-order valence-electron chi connectivity index (χ1n) is 8.86. The summed E-state index contributed by atoms with van der Waals surface area (Å²) in [7, 11) is 0. The number of aliphatic hydroxyl groups is 2. The van der Waals surface area contributed by atoms with Gasteiger partial charge in [0.1, 0.15) is 0 Å². The second kappa shape index (κ2) is 5.03. The highest BCUT2D eigenvalue weighted by molar-refractivity contribution is 5.96. The second-order valence-corrected chi connectivity index (χ2v) is 8.91. The van der Waals surface area contributed by atoms with Crippen LogP contribution in [0.25, 0.3) is 0 Å². The van der Waals surface area contributed by atoms with Gasteiger partial charge in [0.2, 0.25) is 0 Å². The Hall–Kier alpha value is -0.930. The number of hydrogen-bond donors (Lipinski definition) is 2. The maximum absolute atomic E-state index is 12.4. The van der Waals surface area contributed by atoms with Crippen molar-refractivity contribution in [3.05, 3.63) is 24.8 Å². The van der Waals surface area contributed by atoms with Gasteiger partial charge >= 0.3 is 0 Å². The van der Waals surface area contributed by atoms with Crippen molar-refractivity contribution in [1.82, 2.24) is 0 Å². The zero-order valence-electron chi connectivity index (χ0n) is 14.6. The highest BCUT2D eigenvalue weighted by Gasteiger charge is 2.65. The fraction of sp³-hybridized carbons (Fsp3) is 0.750. The van der Waals surface area contributed by atoms with Gasteiger partial charge < -0.3 is 10.2 Å². The van der Waals surface area contributed by atoms with Crippen LogP contribution in [0.5, 0.6) is 0 Å². The average molecular weight is 318 g/mol. The summed E-state index contributed by atoms with van der Waals surface area (Å²) < 4.78 is 0. The zero-order valence-corrected chi connectivity index (χ0v) is 14.6. The van der Waals surface area contributed by atoms with Crippen molar-refractivity contribution >= 4 is 5.78 Å². The summed E-state index contributed by atoms with van der Waals surface area (Å²) in [6, 6.07) is 0. The summed E-state index contributed by atoms with van der Waals surface area (Å²) >= 11 is 0. The Balaban J connectivity index is 2.04. The molecule has 128 valence electrons. The van der Waals surface area contributed by atoms with E-state index in [1.807, 2.05) is 6.92 Å². The van der Waals surface area contributed by atoms with Crippen molar-refractivity contribution < 1.29 is 15.0 Å². The lowest BCUT2D eigenvalue weighted by molar-refractivity contribution is -0.202. The zero-order chi connectivity index (χ0) is 17.1. The Labute approximate surface area is 139 Å². The number of ketones is 1. The predicted octanol–water partition coefficient (Wildman–Crippen LogP) is 3.26. The van der Waals surface area contributed by atoms with Crippen LogP contribution in [0.2, 0.25) is 0 Å². The van der Waals surface area contributed by atoms with Crippen molar-refractivity contribution in [2.24, 2.45) is 28.1 Å². The van der Waals surface area contributed by atoms with Gasteiger partial charge in [-0.3, -0.25) is 4.79 Å². The van der Waals surface area contributed by atoms with Gasteiger partial charge in [-0.15, -0.1) is 6.58 Å². The molecule has 0 aromatic heterocycles. The molecule has 2 N–H and O–H groups in total. The standard InChI is InChI=1S/C20H30O3/c1-5-17(2)10-11-19(4)14(12-17)6-7-15-18(3,13-21)16(22)8-9-20(15,19)23/h5,8-9,14-15,21,23H,1,6-7,10-13H2,2-4H3/t14-,15+,17-,18-,19-,20+/m1/s1. The molecule has 0 aliphatic heterocycles. The third kappa shape index (κ3) is 2.05. The topological polar surface area (TPSA) is 57.5 Å². The summed E-state index contributed by atoms with van der Waals surface area (Å²) in [6.07, 6.45) is 10.1. The van der Waals surface area contributed by atoms with E-state index < -0.39 is 11.0 Å². The fourth-order valence-corrected chi connectivity index (χ4v) is 5.62. The Morgan fingerprint density at radius 1 is 1.30 bits per heavy atom. The first kappa shape index (κ1) is 16.9. The largest absolute Gasteiger partial charge is 0.395 e. The molecule has 0 saturated heterocycles. The highest BCUT2D eigenvalue weighted by Crippen LogP contribution is 2.64. The van der Waals surface area contributed by atoms with E-state index in [0.29, 0.717) is 5.92 Å². The Bertz CT molecular complexity index is 567. The van der Waals surface area contributed by atoms with Crippen molar-refractivity contribution in [1.29, 1.82) is 0 Å². The number of aliphatic hydroxyl groups excluding tert-OH is 1. The Morgan fingerprint density at radius 3 is 2.61 bits per heavy atom. The van der Waals surface area contributed by atoms with E-state index in [0.717, 1.165) is 32.1 Å². The van der Waals surface area contributed by atoms with Crippen molar-refractivity contribution in [3.8, 4) is 0 Å². The van der Waals surface area contributed by atoms with E-state index in [1.54, 1.807) is 6.08 Å². The van der Waals surface area contributed by atoms with Crippen LogP contribution in [-0.2, 0) is 4.79 Å². The van der Waals surface area contributed by atoms with Crippen LogP contribution >= 0.6 is 0 Å². The number of rotatable bonds is 2. The lowest BCUT2D eigenvalue weighted by Gasteiger charge is -2.63. The third-order valence-corrected chi connectivity index (χ3v) is 7.72. The van der Waals surface area contributed by atoms with Crippen LogP contribution in [0.3, 0.4) is 0 Å². The number of carbonyl (C=O) groups is 1. The summed E-state index contributed by atoms with van der Waals surface area (Å²) in [5.74, 6) is 0.164. The van der Waals surface area contributed by atoms with Gasteiger partial charge in [-0.25, -0.2) is 0 Å². The summed E-state index contributed by atoms with van der Waals surface area (Å²) in [6.45, 7) is 10.1. The smallest absolute Gasteiger partial charge is 0.164 e. The molecule has 0 radical (unpaired) electrons. The van der Waals surface area contributed by atoms with Crippen LogP contribution in [0, 0.1) is 28.1 Å².